The Morgan fingerprint density at radius 3 is 1.33 bits per heavy atom. The fourth-order valence-electron chi connectivity index (χ4n) is 0. The molecule has 0 rings (SSSR count). The molecule has 0 aromatic heterocycles. The second-order valence-corrected chi connectivity index (χ2v) is 0.283. The molecule has 34 valence electrons. The Balaban J connectivity index is -0.0000000450. The molecule has 0 spiro atoms. The van der Waals surface area contributed by atoms with Gasteiger partial charge in [-0.15, -0.1) is 24.0 Å². The Labute approximate surface area is 74.0 Å². The van der Waals surface area contributed by atoms with Gasteiger partial charge in [-0.1, -0.05) is 0 Å². The third-order valence-electron chi connectivity index (χ3n) is 0. The SMILES string of the molecule is I.O=C(O)O.[NaH]. The number of halogens is 1. The topological polar surface area (TPSA) is 57.5 Å². The number of carboxylic acid groups (broad SMARTS) is 2. The van der Waals surface area contributed by atoms with E-state index in [0.29, 0.717) is 0 Å². The van der Waals surface area contributed by atoms with Crippen LogP contribution in [-0.4, -0.2) is 45.9 Å². The zero-order valence-corrected chi connectivity index (χ0v) is 4.54. The molecule has 3 nitrogen and oxygen atoms in total. The fourth-order valence-corrected chi connectivity index (χ4v) is 0. The summed E-state index contributed by atoms with van der Waals surface area (Å²) in [5, 5.41) is 13.9. The summed E-state index contributed by atoms with van der Waals surface area (Å²) in [7, 11) is 0. The summed E-state index contributed by atoms with van der Waals surface area (Å²) in [5.74, 6) is 0. The third-order valence-corrected chi connectivity index (χ3v) is 0. The monoisotopic (exact) mass is 214 g/mol. The van der Waals surface area contributed by atoms with Crippen LogP contribution < -0.4 is 0 Å². The predicted molar refractivity (Wildman–Crippen MR) is 33.2 cm³/mol. The first kappa shape index (κ1) is 15.8. The summed E-state index contributed by atoms with van der Waals surface area (Å²) in [6.45, 7) is 0. The maximum atomic E-state index is 8.56. The molecule has 0 heterocycles. The van der Waals surface area contributed by atoms with Crippen LogP contribution in [0, 0.1) is 0 Å². The zero-order valence-electron chi connectivity index (χ0n) is 2.21. The van der Waals surface area contributed by atoms with E-state index in [0.717, 1.165) is 0 Å². The second kappa shape index (κ2) is 9.38. The quantitative estimate of drug-likeness (QED) is 0.447. The number of hydrogen-bond donors (Lipinski definition) is 2. The van der Waals surface area contributed by atoms with E-state index in [2.05, 4.69) is 0 Å². The number of carbonyl (C=O) groups is 1. The molecule has 0 unspecified atom stereocenters. The summed E-state index contributed by atoms with van der Waals surface area (Å²) >= 11 is 0. The van der Waals surface area contributed by atoms with Crippen LogP contribution in [0.3, 0.4) is 0 Å². The van der Waals surface area contributed by atoms with Crippen molar-refractivity contribution in [3.05, 3.63) is 0 Å². The first-order valence-corrected chi connectivity index (χ1v) is 0.651. The van der Waals surface area contributed by atoms with Crippen LogP contribution in [0.25, 0.3) is 0 Å². The van der Waals surface area contributed by atoms with Crippen molar-refractivity contribution in [2.45, 2.75) is 0 Å². The summed E-state index contributed by atoms with van der Waals surface area (Å²) in [5.41, 5.74) is 0. The van der Waals surface area contributed by atoms with Crippen molar-refractivity contribution in [1.29, 1.82) is 0 Å². The molecule has 0 bridgehead atoms. The van der Waals surface area contributed by atoms with Gasteiger partial charge in [-0.05, 0) is 0 Å². The molecule has 0 amide bonds. The van der Waals surface area contributed by atoms with Gasteiger partial charge in [0.15, 0.2) is 0 Å². The zero-order chi connectivity index (χ0) is 3.58. The molecular formula is CH4INaO3. The Hall–Kier alpha value is 1.00. The molecular weight excluding hydrogens is 210 g/mol. The van der Waals surface area contributed by atoms with E-state index in [1.54, 1.807) is 0 Å². The van der Waals surface area contributed by atoms with Crippen molar-refractivity contribution in [3.63, 3.8) is 0 Å². The Morgan fingerprint density at radius 1 is 1.33 bits per heavy atom. The minimum atomic E-state index is -1.83. The molecule has 0 radical (unpaired) electrons. The molecule has 0 aliphatic carbocycles. The van der Waals surface area contributed by atoms with Crippen molar-refractivity contribution >= 4 is 59.7 Å². The standard InChI is InChI=1S/CH2O3.HI.Na.H/c2-1(3)4;;;/h(H2,2,3,4);1H;;. The summed E-state index contributed by atoms with van der Waals surface area (Å²) in [6.07, 6.45) is -1.83. The molecule has 6 heavy (non-hydrogen) atoms. The van der Waals surface area contributed by atoms with Gasteiger partial charge >= 0.3 is 35.7 Å². The van der Waals surface area contributed by atoms with Crippen LogP contribution in [0.1, 0.15) is 0 Å². The first-order valence-electron chi connectivity index (χ1n) is 0.651. The van der Waals surface area contributed by atoms with Gasteiger partial charge in [0.2, 0.25) is 0 Å². The molecule has 0 saturated heterocycles. The first-order chi connectivity index (χ1) is 1.73. The van der Waals surface area contributed by atoms with Crippen molar-refractivity contribution in [2.24, 2.45) is 0 Å². The van der Waals surface area contributed by atoms with E-state index < -0.39 is 6.16 Å². The van der Waals surface area contributed by atoms with Crippen LogP contribution in [0.15, 0.2) is 0 Å². The molecule has 0 aromatic rings. The van der Waals surface area contributed by atoms with Gasteiger partial charge in [0.1, 0.15) is 0 Å². The number of hydrogen-bond acceptors (Lipinski definition) is 1. The third kappa shape index (κ3) is 80.0. The molecule has 0 atom stereocenters. The van der Waals surface area contributed by atoms with Gasteiger partial charge in [0, 0.05) is 0 Å². The van der Waals surface area contributed by atoms with Gasteiger partial charge in [-0.25, -0.2) is 4.79 Å². The van der Waals surface area contributed by atoms with Crippen molar-refractivity contribution in [1.82, 2.24) is 0 Å². The van der Waals surface area contributed by atoms with E-state index in [9.17, 15) is 0 Å². The van der Waals surface area contributed by atoms with Crippen LogP contribution in [0.2, 0.25) is 0 Å². The van der Waals surface area contributed by atoms with Gasteiger partial charge in [-0.3, -0.25) is 0 Å². The average molecular weight is 214 g/mol. The van der Waals surface area contributed by atoms with Gasteiger partial charge in [0.05, 0.1) is 0 Å². The van der Waals surface area contributed by atoms with Gasteiger partial charge in [0.25, 0.3) is 0 Å². The minimum absolute atomic E-state index is 0. The van der Waals surface area contributed by atoms with Crippen molar-refractivity contribution in [2.75, 3.05) is 0 Å². The molecule has 2 N–H and O–H groups in total. The summed E-state index contributed by atoms with van der Waals surface area (Å²) in [6, 6.07) is 0. The molecule has 0 aliphatic rings. The van der Waals surface area contributed by atoms with Crippen LogP contribution in [-0.2, 0) is 0 Å². The molecule has 5 heteroatoms. The number of rotatable bonds is 0. The Bertz CT molecular complexity index is 33.8. The van der Waals surface area contributed by atoms with E-state index >= 15 is 0 Å². The molecule has 0 aromatic carbocycles. The maximum absolute atomic E-state index is 8.56. The van der Waals surface area contributed by atoms with E-state index in [4.69, 9.17) is 15.0 Å². The molecule has 0 aliphatic heterocycles. The van der Waals surface area contributed by atoms with Crippen molar-refractivity contribution in [3.8, 4) is 0 Å². The van der Waals surface area contributed by atoms with E-state index in [1.165, 1.54) is 0 Å². The van der Waals surface area contributed by atoms with Crippen LogP contribution in [0.4, 0.5) is 4.79 Å². The van der Waals surface area contributed by atoms with Crippen molar-refractivity contribution < 1.29 is 15.0 Å². The van der Waals surface area contributed by atoms with Crippen LogP contribution in [0.5, 0.6) is 0 Å². The van der Waals surface area contributed by atoms with Gasteiger partial charge in [-0.2, -0.15) is 0 Å². The van der Waals surface area contributed by atoms with Gasteiger partial charge < -0.3 is 10.2 Å². The predicted octanol–water partition coefficient (Wildman–Crippen LogP) is 0.192. The summed E-state index contributed by atoms with van der Waals surface area (Å²) < 4.78 is 0. The normalized spacial score (nSPS) is 4.00. The molecule has 0 saturated carbocycles. The average Bonchev–Trinajstić information content (AvgIpc) is 0.811. The Morgan fingerprint density at radius 2 is 1.33 bits per heavy atom. The Kier molecular flexibility index (Phi) is 24.6. The summed E-state index contributed by atoms with van der Waals surface area (Å²) in [4.78, 5) is 8.56. The van der Waals surface area contributed by atoms with E-state index in [1.807, 2.05) is 0 Å². The van der Waals surface area contributed by atoms with E-state index in [-0.39, 0.29) is 53.5 Å². The fraction of sp³-hybridized carbons (Fsp3) is 0. The van der Waals surface area contributed by atoms with Crippen LogP contribution >= 0.6 is 24.0 Å². The molecule has 0 fully saturated rings. The second-order valence-electron chi connectivity index (χ2n) is 0.283.